The van der Waals surface area contributed by atoms with E-state index in [2.05, 4.69) is 40.8 Å². The van der Waals surface area contributed by atoms with Crippen molar-refractivity contribution in [1.82, 2.24) is 10.3 Å². The van der Waals surface area contributed by atoms with Crippen LogP contribution < -0.4 is 5.32 Å². The lowest BCUT2D eigenvalue weighted by Gasteiger charge is -2.04. The summed E-state index contributed by atoms with van der Waals surface area (Å²) in [5, 5.41) is 4.61. The summed E-state index contributed by atoms with van der Waals surface area (Å²) in [6.45, 7) is 0.634. The maximum absolute atomic E-state index is 11.6. The van der Waals surface area contributed by atoms with Gasteiger partial charge in [-0.25, -0.2) is 4.98 Å². The first-order chi connectivity index (χ1) is 8.79. The molecule has 0 aliphatic rings. The Balaban J connectivity index is 1.79. The molecule has 1 N–H and O–H groups in total. The van der Waals surface area contributed by atoms with Crippen LogP contribution in [0.4, 0.5) is 0 Å². The van der Waals surface area contributed by atoms with Gasteiger partial charge in [-0.3, -0.25) is 4.79 Å². The molecule has 0 atom stereocenters. The normalized spacial score (nSPS) is 10.3. The molecule has 3 nitrogen and oxygen atoms in total. The standard InChI is InChI=1S/C13H14N2OS2/c1-17-11-4-2-10(3-5-11)6-7-14-13(16)12-8-18-9-15-12/h2-5,8-9H,6-7H2,1H3,(H,14,16). The summed E-state index contributed by atoms with van der Waals surface area (Å²) in [4.78, 5) is 16.8. The predicted octanol–water partition coefficient (Wildman–Crippen LogP) is 2.84. The first kappa shape index (κ1) is 13.1. The van der Waals surface area contributed by atoms with Gasteiger partial charge in [-0.05, 0) is 30.4 Å². The summed E-state index contributed by atoms with van der Waals surface area (Å²) in [5.74, 6) is -0.100. The minimum absolute atomic E-state index is 0.100. The SMILES string of the molecule is CSc1ccc(CCNC(=O)c2cscn2)cc1. The van der Waals surface area contributed by atoms with Crippen LogP contribution in [-0.4, -0.2) is 23.7 Å². The van der Waals surface area contributed by atoms with Crippen molar-refractivity contribution in [3.8, 4) is 0 Å². The number of hydrogen-bond acceptors (Lipinski definition) is 4. The Morgan fingerprint density at radius 2 is 2.17 bits per heavy atom. The van der Waals surface area contributed by atoms with Crippen LogP contribution in [0.25, 0.3) is 0 Å². The molecule has 1 amide bonds. The molecule has 0 aliphatic carbocycles. The lowest BCUT2D eigenvalue weighted by Crippen LogP contribution is -2.25. The lowest BCUT2D eigenvalue weighted by molar-refractivity contribution is 0.0950. The summed E-state index contributed by atoms with van der Waals surface area (Å²) in [6, 6.07) is 8.40. The first-order valence-corrected chi connectivity index (χ1v) is 7.75. The van der Waals surface area contributed by atoms with E-state index in [1.165, 1.54) is 21.8 Å². The zero-order valence-corrected chi connectivity index (χ0v) is 11.7. The fourth-order valence-electron chi connectivity index (χ4n) is 1.53. The molecular formula is C13H14N2OS2. The van der Waals surface area contributed by atoms with Crippen molar-refractivity contribution in [2.24, 2.45) is 0 Å². The average molecular weight is 278 g/mol. The molecule has 1 heterocycles. The van der Waals surface area contributed by atoms with Crippen LogP contribution in [0.3, 0.4) is 0 Å². The molecule has 0 bridgehead atoms. The van der Waals surface area contributed by atoms with Gasteiger partial charge in [0.15, 0.2) is 0 Å². The second kappa shape index (κ2) is 6.56. The molecule has 18 heavy (non-hydrogen) atoms. The van der Waals surface area contributed by atoms with Crippen molar-refractivity contribution >= 4 is 29.0 Å². The molecular weight excluding hydrogens is 264 g/mol. The predicted molar refractivity (Wildman–Crippen MR) is 76.4 cm³/mol. The topological polar surface area (TPSA) is 42.0 Å². The number of benzene rings is 1. The van der Waals surface area contributed by atoms with E-state index in [0.717, 1.165) is 6.42 Å². The second-order valence-corrected chi connectivity index (χ2v) is 5.33. The highest BCUT2D eigenvalue weighted by Gasteiger charge is 2.05. The van der Waals surface area contributed by atoms with Gasteiger partial charge in [-0.15, -0.1) is 23.1 Å². The molecule has 0 fully saturated rings. The fraction of sp³-hybridized carbons (Fsp3) is 0.231. The number of rotatable bonds is 5. The highest BCUT2D eigenvalue weighted by molar-refractivity contribution is 7.98. The van der Waals surface area contributed by atoms with Crippen LogP contribution in [-0.2, 0) is 6.42 Å². The highest BCUT2D eigenvalue weighted by atomic mass is 32.2. The number of carbonyl (C=O) groups excluding carboxylic acids is 1. The minimum atomic E-state index is -0.100. The van der Waals surface area contributed by atoms with Crippen LogP contribution in [0, 0.1) is 0 Å². The van der Waals surface area contributed by atoms with Crippen molar-refractivity contribution in [2.45, 2.75) is 11.3 Å². The highest BCUT2D eigenvalue weighted by Crippen LogP contribution is 2.14. The fourth-order valence-corrected chi connectivity index (χ4v) is 2.47. The van der Waals surface area contributed by atoms with Crippen molar-refractivity contribution in [1.29, 1.82) is 0 Å². The quantitative estimate of drug-likeness (QED) is 0.855. The summed E-state index contributed by atoms with van der Waals surface area (Å²) in [7, 11) is 0. The molecule has 0 spiro atoms. The Kier molecular flexibility index (Phi) is 4.78. The lowest BCUT2D eigenvalue weighted by atomic mass is 10.1. The van der Waals surface area contributed by atoms with Gasteiger partial charge < -0.3 is 5.32 Å². The van der Waals surface area contributed by atoms with Gasteiger partial charge in [0.1, 0.15) is 5.69 Å². The van der Waals surface area contributed by atoms with Gasteiger partial charge >= 0.3 is 0 Å². The molecule has 0 unspecified atom stereocenters. The molecule has 2 rings (SSSR count). The minimum Gasteiger partial charge on any atom is -0.350 e. The Morgan fingerprint density at radius 3 is 2.78 bits per heavy atom. The summed E-state index contributed by atoms with van der Waals surface area (Å²) in [6.07, 6.45) is 2.90. The van der Waals surface area contributed by atoms with Gasteiger partial charge in [0.05, 0.1) is 5.51 Å². The third-order valence-electron chi connectivity index (χ3n) is 2.52. The van der Waals surface area contributed by atoms with E-state index >= 15 is 0 Å². The molecule has 0 aliphatic heterocycles. The van der Waals surface area contributed by atoms with E-state index < -0.39 is 0 Å². The molecule has 0 saturated heterocycles. The number of nitrogens with zero attached hydrogens (tertiary/aromatic N) is 1. The number of amides is 1. The smallest absolute Gasteiger partial charge is 0.270 e. The first-order valence-electron chi connectivity index (χ1n) is 5.59. The van der Waals surface area contributed by atoms with E-state index in [1.807, 2.05) is 0 Å². The maximum atomic E-state index is 11.6. The molecule has 0 saturated carbocycles. The van der Waals surface area contributed by atoms with E-state index in [1.54, 1.807) is 22.7 Å². The summed E-state index contributed by atoms with van der Waals surface area (Å²) < 4.78 is 0. The number of hydrogen-bond donors (Lipinski definition) is 1. The molecule has 1 aromatic heterocycles. The maximum Gasteiger partial charge on any atom is 0.270 e. The number of carbonyl (C=O) groups is 1. The molecule has 2 aromatic rings. The van der Waals surface area contributed by atoms with Crippen LogP contribution >= 0.6 is 23.1 Å². The Hall–Kier alpha value is -1.33. The van der Waals surface area contributed by atoms with Crippen molar-refractivity contribution in [3.63, 3.8) is 0 Å². The zero-order valence-electron chi connectivity index (χ0n) is 10.1. The summed E-state index contributed by atoms with van der Waals surface area (Å²) in [5.41, 5.74) is 3.39. The third kappa shape index (κ3) is 3.58. The number of thiazole rings is 1. The van der Waals surface area contributed by atoms with Crippen LogP contribution in [0.5, 0.6) is 0 Å². The van der Waals surface area contributed by atoms with E-state index in [4.69, 9.17) is 0 Å². The van der Waals surface area contributed by atoms with Gasteiger partial charge in [0.2, 0.25) is 0 Å². The van der Waals surface area contributed by atoms with Crippen molar-refractivity contribution in [3.05, 3.63) is 46.4 Å². The Labute approximate surface area is 115 Å². The Bertz CT molecular complexity index is 494. The van der Waals surface area contributed by atoms with Gasteiger partial charge in [0.25, 0.3) is 5.91 Å². The van der Waals surface area contributed by atoms with E-state index in [9.17, 15) is 4.79 Å². The van der Waals surface area contributed by atoms with Gasteiger partial charge in [-0.1, -0.05) is 12.1 Å². The van der Waals surface area contributed by atoms with Gasteiger partial charge in [-0.2, -0.15) is 0 Å². The average Bonchev–Trinajstić information content (AvgIpc) is 2.93. The molecule has 1 aromatic carbocycles. The molecule has 94 valence electrons. The van der Waals surface area contributed by atoms with E-state index in [0.29, 0.717) is 12.2 Å². The number of thioether (sulfide) groups is 1. The van der Waals surface area contributed by atoms with E-state index in [-0.39, 0.29) is 5.91 Å². The monoisotopic (exact) mass is 278 g/mol. The number of aromatic nitrogens is 1. The second-order valence-electron chi connectivity index (χ2n) is 3.73. The third-order valence-corrected chi connectivity index (χ3v) is 3.85. The largest absolute Gasteiger partial charge is 0.350 e. The molecule has 5 heteroatoms. The Morgan fingerprint density at radius 1 is 1.39 bits per heavy atom. The van der Waals surface area contributed by atoms with Crippen LogP contribution in [0.15, 0.2) is 40.1 Å². The zero-order chi connectivity index (χ0) is 12.8. The van der Waals surface area contributed by atoms with Crippen LogP contribution in [0.1, 0.15) is 16.1 Å². The molecule has 0 radical (unpaired) electrons. The summed E-state index contributed by atoms with van der Waals surface area (Å²) >= 11 is 3.16. The van der Waals surface area contributed by atoms with Gasteiger partial charge in [0, 0.05) is 16.8 Å². The van der Waals surface area contributed by atoms with Crippen molar-refractivity contribution < 1.29 is 4.79 Å². The van der Waals surface area contributed by atoms with Crippen LogP contribution in [0.2, 0.25) is 0 Å². The number of nitrogens with one attached hydrogen (secondary N) is 1. The van der Waals surface area contributed by atoms with Crippen molar-refractivity contribution in [2.75, 3.05) is 12.8 Å².